The molecule has 1 saturated heterocycles. The largest absolute Gasteiger partial charge is 0.396 e. The first-order valence-corrected chi connectivity index (χ1v) is 6.83. The summed E-state index contributed by atoms with van der Waals surface area (Å²) >= 11 is 3.54. The van der Waals surface area contributed by atoms with E-state index in [1.54, 1.807) is 6.20 Å². The lowest BCUT2D eigenvalue weighted by atomic mass is 9.80. The fourth-order valence-corrected chi connectivity index (χ4v) is 3.04. The van der Waals surface area contributed by atoms with Gasteiger partial charge in [-0.1, -0.05) is 20.8 Å². The van der Waals surface area contributed by atoms with Crippen molar-refractivity contribution in [2.75, 3.05) is 23.7 Å². The molecule has 1 fully saturated rings. The molecule has 0 amide bonds. The molecule has 0 bridgehead atoms. The highest BCUT2D eigenvalue weighted by molar-refractivity contribution is 9.10. The van der Waals surface area contributed by atoms with Crippen molar-refractivity contribution >= 4 is 27.3 Å². The molecular formula is C13H20BrN3. The Balaban J connectivity index is 2.21. The summed E-state index contributed by atoms with van der Waals surface area (Å²) < 4.78 is 0.993. The zero-order valence-electron chi connectivity index (χ0n) is 10.7. The third-order valence-corrected chi connectivity index (χ3v) is 4.21. The molecule has 1 unspecified atom stereocenters. The molecule has 1 aromatic rings. The van der Waals surface area contributed by atoms with Crippen LogP contribution in [0.3, 0.4) is 0 Å². The number of hydrogen-bond donors (Lipinski definition) is 1. The SMILES string of the molecule is CC(C)(C)C1CCN(c2c(N)cncc2Br)C1. The Morgan fingerprint density at radius 3 is 2.65 bits per heavy atom. The van der Waals surface area contributed by atoms with Gasteiger partial charge in [-0.3, -0.25) is 4.98 Å². The van der Waals surface area contributed by atoms with Crippen LogP contribution in [-0.2, 0) is 0 Å². The number of hydrogen-bond acceptors (Lipinski definition) is 3. The van der Waals surface area contributed by atoms with Gasteiger partial charge in [0.25, 0.3) is 0 Å². The van der Waals surface area contributed by atoms with Crippen molar-refractivity contribution in [1.82, 2.24) is 4.98 Å². The summed E-state index contributed by atoms with van der Waals surface area (Å²) in [4.78, 5) is 6.46. The highest BCUT2D eigenvalue weighted by Gasteiger charge is 2.33. The molecule has 3 nitrogen and oxygen atoms in total. The number of nitrogens with two attached hydrogens (primary N) is 1. The van der Waals surface area contributed by atoms with Crippen molar-refractivity contribution in [3.05, 3.63) is 16.9 Å². The van der Waals surface area contributed by atoms with Crippen molar-refractivity contribution in [1.29, 1.82) is 0 Å². The third kappa shape index (κ3) is 2.57. The average molecular weight is 298 g/mol. The number of nitrogen functional groups attached to an aromatic ring is 1. The van der Waals surface area contributed by atoms with Crippen molar-refractivity contribution in [3.63, 3.8) is 0 Å². The lowest BCUT2D eigenvalue weighted by Crippen LogP contribution is -2.26. The van der Waals surface area contributed by atoms with E-state index in [0.29, 0.717) is 5.41 Å². The van der Waals surface area contributed by atoms with E-state index in [1.807, 2.05) is 6.20 Å². The van der Waals surface area contributed by atoms with Crippen LogP contribution in [0.2, 0.25) is 0 Å². The fourth-order valence-electron chi connectivity index (χ4n) is 2.45. The Morgan fingerprint density at radius 1 is 1.41 bits per heavy atom. The topological polar surface area (TPSA) is 42.1 Å². The highest BCUT2D eigenvalue weighted by atomic mass is 79.9. The second kappa shape index (κ2) is 4.48. The molecule has 0 spiro atoms. The van der Waals surface area contributed by atoms with E-state index in [2.05, 4.69) is 46.6 Å². The Labute approximate surface area is 112 Å². The zero-order valence-corrected chi connectivity index (χ0v) is 12.3. The normalized spacial score (nSPS) is 20.9. The van der Waals surface area contributed by atoms with E-state index in [-0.39, 0.29) is 0 Å². The molecule has 0 aliphatic carbocycles. The first-order chi connectivity index (χ1) is 7.89. The van der Waals surface area contributed by atoms with Gasteiger partial charge in [-0.2, -0.15) is 0 Å². The lowest BCUT2D eigenvalue weighted by molar-refractivity contribution is 0.263. The van der Waals surface area contributed by atoms with Gasteiger partial charge in [0.15, 0.2) is 0 Å². The summed E-state index contributed by atoms with van der Waals surface area (Å²) in [7, 11) is 0. The van der Waals surface area contributed by atoms with Crippen LogP contribution in [0.1, 0.15) is 27.2 Å². The van der Waals surface area contributed by atoms with Crippen LogP contribution in [0.15, 0.2) is 16.9 Å². The predicted octanol–water partition coefficient (Wildman–Crippen LogP) is 3.30. The van der Waals surface area contributed by atoms with Crippen LogP contribution >= 0.6 is 15.9 Å². The Bertz CT molecular complexity index is 391. The Kier molecular flexibility index (Phi) is 3.34. The smallest absolute Gasteiger partial charge is 0.0776 e. The summed E-state index contributed by atoms with van der Waals surface area (Å²) in [5.41, 5.74) is 8.25. The van der Waals surface area contributed by atoms with E-state index in [4.69, 9.17) is 5.73 Å². The first-order valence-electron chi connectivity index (χ1n) is 6.03. The van der Waals surface area contributed by atoms with Gasteiger partial charge in [0.2, 0.25) is 0 Å². The van der Waals surface area contributed by atoms with E-state index >= 15 is 0 Å². The molecule has 1 atom stereocenters. The fraction of sp³-hybridized carbons (Fsp3) is 0.615. The molecule has 1 aliphatic heterocycles. The molecule has 2 N–H and O–H groups in total. The molecule has 0 aromatic carbocycles. The number of nitrogens with zero attached hydrogens (tertiary/aromatic N) is 2. The number of anilines is 2. The minimum absolute atomic E-state index is 0.364. The van der Waals surface area contributed by atoms with Gasteiger partial charge in [-0.25, -0.2) is 0 Å². The molecule has 17 heavy (non-hydrogen) atoms. The second-order valence-corrected chi connectivity index (χ2v) is 6.71. The molecule has 0 saturated carbocycles. The highest BCUT2D eigenvalue weighted by Crippen LogP contribution is 2.39. The number of aromatic nitrogens is 1. The second-order valence-electron chi connectivity index (χ2n) is 5.86. The summed E-state index contributed by atoms with van der Waals surface area (Å²) in [6.45, 7) is 9.09. The maximum atomic E-state index is 6.02. The van der Waals surface area contributed by atoms with Crippen LogP contribution in [0.5, 0.6) is 0 Å². The van der Waals surface area contributed by atoms with Gasteiger partial charge in [0, 0.05) is 19.3 Å². The van der Waals surface area contributed by atoms with Gasteiger partial charge in [0.1, 0.15) is 0 Å². The van der Waals surface area contributed by atoms with Gasteiger partial charge < -0.3 is 10.6 Å². The van der Waals surface area contributed by atoms with Crippen LogP contribution in [-0.4, -0.2) is 18.1 Å². The van der Waals surface area contributed by atoms with E-state index < -0.39 is 0 Å². The van der Waals surface area contributed by atoms with Crippen molar-refractivity contribution in [2.45, 2.75) is 27.2 Å². The van der Waals surface area contributed by atoms with Crippen LogP contribution < -0.4 is 10.6 Å². The minimum Gasteiger partial charge on any atom is -0.396 e. The van der Waals surface area contributed by atoms with E-state index in [0.717, 1.165) is 34.9 Å². The number of rotatable bonds is 1. The zero-order chi connectivity index (χ0) is 12.6. The van der Waals surface area contributed by atoms with Crippen LogP contribution in [0, 0.1) is 11.3 Å². The summed E-state index contributed by atoms with van der Waals surface area (Å²) in [6.07, 6.45) is 4.78. The minimum atomic E-state index is 0.364. The summed E-state index contributed by atoms with van der Waals surface area (Å²) in [6, 6.07) is 0. The van der Waals surface area contributed by atoms with Gasteiger partial charge in [0.05, 0.1) is 22.0 Å². The maximum Gasteiger partial charge on any atom is 0.0776 e. The first kappa shape index (κ1) is 12.7. The predicted molar refractivity (Wildman–Crippen MR) is 76.1 cm³/mol. The van der Waals surface area contributed by atoms with Gasteiger partial charge >= 0.3 is 0 Å². The van der Waals surface area contributed by atoms with E-state index in [1.165, 1.54) is 6.42 Å². The summed E-state index contributed by atoms with van der Waals surface area (Å²) in [5, 5.41) is 0. The Morgan fingerprint density at radius 2 is 2.12 bits per heavy atom. The van der Waals surface area contributed by atoms with Gasteiger partial charge in [-0.05, 0) is 33.7 Å². The molecule has 2 heterocycles. The molecule has 2 rings (SSSR count). The van der Waals surface area contributed by atoms with Crippen molar-refractivity contribution in [2.24, 2.45) is 11.3 Å². The molecular weight excluding hydrogens is 278 g/mol. The van der Waals surface area contributed by atoms with Crippen LogP contribution in [0.4, 0.5) is 11.4 Å². The molecule has 94 valence electrons. The lowest BCUT2D eigenvalue weighted by Gasteiger charge is -2.28. The summed E-state index contributed by atoms with van der Waals surface area (Å²) in [5.74, 6) is 0.724. The standard InChI is InChI=1S/C13H20BrN3/c1-13(2,3)9-4-5-17(8-9)12-10(14)6-16-7-11(12)15/h6-7,9H,4-5,8,15H2,1-3H3. The third-order valence-electron chi connectivity index (χ3n) is 3.63. The molecule has 1 aliphatic rings. The monoisotopic (exact) mass is 297 g/mol. The van der Waals surface area contributed by atoms with E-state index in [9.17, 15) is 0 Å². The Hall–Kier alpha value is -0.770. The van der Waals surface area contributed by atoms with Crippen molar-refractivity contribution < 1.29 is 0 Å². The number of pyridine rings is 1. The number of halogens is 1. The van der Waals surface area contributed by atoms with Crippen LogP contribution in [0.25, 0.3) is 0 Å². The molecule has 1 aromatic heterocycles. The quantitative estimate of drug-likeness (QED) is 0.865. The molecule has 0 radical (unpaired) electrons. The van der Waals surface area contributed by atoms with Gasteiger partial charge in [-0.15, -0.1) is 0 Å². The average Bonchev–Trinajstić information content (AvgIpc) is 2.65. The maximum absolute atomic E-state index is 6.02. The molecule has 4 heteroatoms. The van der Waals surface area contributed by atoms with Crippen molar-refractivity contribution in [3.8, 4) is 0 Å².